The molecule has 0 unspecified atom stereocenters. The third kappa shape index (κ3) is 4.66. The summed E-state index contributed by atoms with van der Waals surface area (Å²) >= 11 is 0. The van der Waals surface area contributed by atoms with E-state index in [2.05, 4.69) is 10.1 Å². The van der Waals surface area contributed by atoms with E-state index in [0.717, 1.165) is 11.1 Å². The van der Waals surface area contributed by atoms with Crippen LogP contribution in [-0.2, 0) is 27.3 Å². The molecular weight excluding hydrogens is 256 g/mol. The van der Waals surface area contributed by atoms with Gasteiger partial charge in [-0.1, -0.05) is 24.3 Å². The Labute approximate surface area is 119 Å². The van der Waals surface area contributed by atoms with Crippen LogP contribution in [0.25, 0.3) is 0 Å². The molecule has 0 saturated carbocycles. The van der Waals surface area contributed by atoms with E-state index in [1.165, 1.54) is 7.11 Å². The SMILES string of the molecule is COC(=O)Cc1ccccc1CNCC(C)(C)C(N)=O. The molecule has 0 aliphatic rings. The Morgan fingerprint density at radius 3 is 2.40 bits per heavy atom. The van der Waals surface area contributed by atoms with Crippen LogP contribution < -0.4 is 11.1 Å². The maximum Gasteiger partial charge on any atom is 0.309 e. The fourth-order valence-corrected chi connectivity index (χ4v) is 1.73. The van der Waals surface area contributed by atoms with Crippen molar-refractivity contribution in [2.75, 3.05) is 13.7 Å². The molecule has 0 saturated heterocycles. The summed E-state index contributed by atoms with van der Waals surface area (Å²) in [4.78, 5) is 22.6. The standard InChI is InChI=1S/C15H22N2O3/c1-15(2,14(16)19)10-17-9-12-7-5-4-6-11(12)8-13(18)20-3/h4-7,17H,8-10H2,1-3H3,(H2,16,19). The number of nitrogens with one attached hydrogen (secondary N) is 1. The highest BCUT2D eigenvalue weighted by Crippen LogP contribution is 2.14. The van der Waals surface area contributed by atoms with Gasteiger partial charge in [-0.3, -0.25) is 9.59 Å². The average molecular weight is 278 g/mol. The molecule has 1 rings (SSSR count). The lowest BCUT2D eigenvalue weighted by Crippen LogP contribution is -2.40. The molecule has 0 fully saturated rings. The number of methoxy groups -OCH3 is 1. The number of hydrogen-bond acceptors (Lipinski definition) is 4. The van der Waals surface area contributed by atoms with Gasteiger partial charge >= 0.3 is 5.97 Å². The van der Waals surface area contributed by atoms with Gasteiger partial charge in [-0.2, -0.15) is 0 Å². The molecule has 1 amide bonds. The van der Waals surface area contributed by atoms with Gasteiger partial charge in [-0.25, -0.2) is 0 Å². The molecule has 1 aromatic carbocycles. The van der Waals surface area contributed by atoms with E-state index in [1.54, 1.807) is 13.8 Å². The number of primary amides is 1. The van der Waals surface area contributed by atoms with Crippen molar-refractivity contribution in [3.8, 4) is 0 Å². The minimum Gasteiger partial charge on any atom is -0.469 e. The van der Waals surface area contributed by atoms with Gasteiger partial charge in [0.2, 0.25) is 5.91 Å². The summed E-state index contributed by atoms with van der Waals surface area (Å²) in [6.45, 7) is 4.64. The number of benzene rings is 1. The van der Waals surface area contributed by atoms with Crippen molar-refractivity contribution in [1.29, 1.82) is 0 Å². The molecule has 5 nitrogen and oxygen atoms in total. The molecule has 110 valence electrons. The lowest BCUT2D eigenvalue weighted by Gasteiger charge is -2.21. The Bertz CT molecular complexity index is 484. The molecule has 5 heteroatoms. The number of hydrogen-bond donors (Lipinski definition) is 2. The highest BCUT2D eigenvalue weighted by atomic mass is 16.5. The van der Waals surface area contributed by atoms with Crippen LogP contribution in [0.1, 0.15) is 25.0 Å². The zero-order valence-corrected chi connectivity index (χ0v) is 12.2. The summed E-state index contributed by atoms with van der Waals surface area (Å²) in [6, 6.07) is 7.64. The number of esters is 1. The van der Waals surface area contributed by atoms with Crippen LogP contribution in [0.3, 0.4) is 0 Å². The first-order valence-corrected chi connectivity index (χ1v) is 6.51. The minimum absolute atomic E-state index is 0.244. The second-order valence-corrected chi connectivity index (χ2v) is 5.37. The van der Waals surface area contributed by atoms with Crippen molar-refractivity contribution in [3.05, 3.63) is 35.4 Å². The van der Waals surface area contributed by atoms with Crippen molar-refractivity contribution in [1.82, 2.24) is 5.32 Å². The molecule has 0 aromatic heterocycles. The number of amides is 1. The third-order valence-corrected chi connectivity index (χ3v) is 3.23. The van der Waals surface area contributed by atoms with E-state index in [9.17, 15) is 9.59 Å². The largest absolute Gasteiger partial charge is 0.469 e. The topological polar surface area (TPSA) is 81.4 Å². The van der Waals surface area contributed by atoms with E-state index in [4.69, 9.17) is 5.73 Å². The Balaban J connectivity index is 2.64. The number of carbonyl (C=O) groups excluding carboxylic acids is 2. The fraction of sp³-hybridized carbons (Fsp3) is 0.467. The third-order valence-electron chi connectivity index (χ3n) is 3.23. The molecule has 0 atom stereocenters. The quantitative estimate of drug-likeness (QED) is 0.729. The molecule has 20 heavy (non-hydrogen) atoms. The minimum atomic E-state index is -0.600. The maximum absolute atomic E-state index is 11.4. The van der Waals surface area contributed by atoms with E-state index >= 15 is 0 Å². The molecule has 0 aliphatic heterocycles. The van der Waals surface area contributed by atoms with Gasteiger partial charge in [-0.15, -0.1) is 0 Å². The molecule has 0 heterocycles. The average Bonchev–Trinajstić information content (AvgIpc) is 2.40. The highest BCUT2D eigenvalue weighted by Gasteiger charge is 2.24. The highest BCUT2D eigenvalue weighted by molar-refractivity contribution is 5.80. The van der Waals surface area contributed by atoms with Crippen LogP contribution >= 0.6 is 0 Å². The van der Waals surface area contributed by atoms with Crippen LogP contribution in [0.15, 0.2) is 24.3 Å². The fourth-order valence-electron chi connectivity index (χ4n) is 1.73. The van der Waals surface area contributed by atoms with Crippen LogP contribution in [0.4, 0.5) is 0 Å². The molecule has 0 spiro atoms. The summed E-state index contributed by atoms with van der Waals surface area (Å²) in [5.41, 5.74) is 6.66. The summed E-state index contributed by atoms with van der Waals surface area (Å²) < 4.78 is 4.68. The van der Waals surface area contributed by atoms with E-state index in [-0.39, 0.29) is 18.3 Å². The lowest BCUT2D eigenvalue weighted by atomic mass is 9.92. The summed E-state index contributed by atoms with van der Waals surface area (Å²) in [5, 5.41) is 3.20. The summed E-state index contributed by atoms with van der Waals surface area (Å²) in [6.07, 6.45) is 0.244. The summed E-state index contributed by atoms with van der Waals surface area (Å²) in [5.74, 6) is -0.609. The maximum atomic E-state index is 11.4. The lowest BCUT2D eigenvalue weighted by molar-refractivity contribution is -0.139. The predicted molar refractivity (Wildman–Crippen MR) is 76.8 cm³/mol. The Kier molecular flexibility index (Phi) is 5.70. The molecule has 1 aromatic rings. The van der Waals surface area contributed by atoms with Crippen molar-refractivity contribution >= 4 is 11.9 Å². The normalized spacial score (nSPS) is 11.2. The first-order valence-electron chi connectivity index (χ1n) is 6.51. The first kappa shape index (κ1) is 16.2. The van der Waals surface area contributed by atoms with Crippen LogP contribution in [0.2, 0.25) is 0 Å². The first-order chi connectivity index (χ1) is 9.36. The number of carbonyl (C=O) groups is 2. The Morgan fingerprint density at radius 2 is 1.85 bits per heavy atom. The smallest absolute Gasteiger partial charge is 0.309 e. The molecule has 3 N–H and O–H groups in total. The predicted octanol–water partition coefficient (Wildman–Crippen LogP) is 1.00. The van der Waals surface area contributed by atoms with E-state index < -0.39 is 5.41 Å². The number of nitrogens with two attached hydrogens (primary N) is 1. The van der Waals surface area contributed by atoms with Crippen molar-refractivity contribution < 1.29 is 14.3 Å². The molecular formula is C15H22N2O3. The van der Waals surface area contributed by atoms with Gasteiger partial charge in [0.15, 0.2) is 0 Å². The molecule has 0 aliphatic carbocycles. The second kappa shape index (κ2) is 7.05. The second-order valence-electron chi connectivity index (χ2n) is 5.37. The monoisotopic (exact) mass is 278 g/mol. The Morgan fingerprint density at radius 1 is 1.25 bits per heavy atom. The summed E-state index contributed by atoms with van der Waals surface area (Å²) in [7, 11) is 1.37. The molecule has 0 radical (unpaired) electrons. The van der Waals surface area contributed by atoms with Crippen molar-refractivity contribution in [3.63, 3.8) is 0 Å². The van der Waals surface area contributed by atoms with Gasteiger partial charge in [0.05, 0.1) is 18.9 Å². The van der Waals surface area contributed by atoms with Gasteiger partial charge in [0.1, 0.15) is 0 Å². The van der Waals surface area contributed by atoms with Crippen LogP contribution in [-0.4, -0.2) is 25.5 Å². The zero-order valence-electron chi connectivity index (χ0n) is 12.2. The van der Waals surface area contributed by atoms with Crippen LogP contribution in [0, 0.1) is 5.41 Å². The van der Waals surface area contributed by atoms with Gasteiger partial charge in [0, 0.05) is 13.1 Å². The van der Waals surface area contributed by atoms with Crippen molar-refractivity contribution in [2.24, 2.45) is 11.1 Å². The number of rotatable bonds is 7. The molecule has 0 bridgehead atoms. The van der Waals surface area contributed by atoms with Gasteiger partial charge in [0.25, 0.3) is 0 Å². The van der Waals surface area contributed by atoms with Gasteiger partial charge < -0.3 is 15.8 Å². The van der Waals surface area contributed by atoms with Crippen molar-refractivity contribution in [2.45, 2.75) is 26.8 Å². The Hall–Kier alpha value is -1.88. The van der Waals surface area contributed by atoms with Gasteiger partial charge in [-0.05, 0) is 25.0 Å². The van der Waals surface area contributed by atoms with E-state index in [1.807, 2.05) is 24.3 Å². The van der Waals surface area contributed by atoms with E-state index in [0.29, 0.717) is 13.1 Å². The zero-order chi connectivity index (χ0) is 15.2. The number of ether oxygens (including phenoxy) is 1. The van der Waals surface area contributed by atoms with Crippen LogP contribution in [0.5, 0.6) is 0 Å².